The SMILES string of the molecule is C=C(F)CN(C(=O)OCC)c1ccc(C)c(N(CC(=C)F)C(=O)OCC)c1. The molecule has 0 atom stereocenters. The predicted molar refractivity (Wildman–Crippen MR) is 100 cm³/mol. The second-order valence-corrected chi connectivity index (χ2v) is 5.58. The molecule has 1 aromatic carbocycles. The van der Waals surface area contributed by atoms with Gasteiger partial charge in [0.05, 0.1) is 32.0 Å². The van der Waals surface area contributed by atoms with Crippen molar-refractivity contribution in [3.8, 4) is 0 Å². The second kappa shape index (κ2) is 10.3. The first kappa shape index (κ1) is 22.1. The van der Waals surface area contributed by atoms with Crippen molar-refractivity contribution >= 4 is 23.6 Å². The summed E-state index contributed by atoms with van der Waals surface area (Å²) in [6, 6.07) is 4.63. The van der Waals surface area contributed by atoms with Gasteiger partial charge in [-0.25, -0.2) is 18.4 Å². The molecule has 1 aromatic rings. The van der Waals surface area contributed by atoms with Crippen molar-refractivity contribution in [1.29, 1.82) is 0 Å². The number of hydrogen-bond donors (Lipinski definition) is 0. The number of ether oxygens (including phenoxy) is 2. The van der Waals surface area contributed by atoms with Crippen molar-refractivity contribution in [3.05, 3.63) is 48.6 Å². The lowest BCUT2D eigenvalue weighted by atomic mass is 10.1. The van der Waals surface area contributed by atoms with Crippen molar-refractivity contribution in [2.75, 3.05) is 36.1 Å². The molecule has 0 fully saturated rings. The smallest absolute Gasteiger partial charge is 0.414 e. The first-order valence-electron chi connectivity index (χ1n) is 8.37. The van der Waals surface area contributed by atoms with E-state index in [0.29, 0.717) is 11.3 Å². The molecule has 0 saturated carbocycles. The largest absolute Gasteiger partial charge is 0.449 e. The van der Waals surface area contributed by atoms with Crippen molar-refractivity contribution in [1.82, 2.24) is 0 Å². The van der Waals surface area contributed by atoms with E-state index in [4.69, 9.17) is 9.47 Å². The summed E-state index contributed by atoms with van der Waals surface area (Å²) in [6.45, 7) is 10.7. The number of nitrogens with zero attached hydrogens (tertiary/aromatic N) is 2. The van der Waals surface area contributed by atoms with Crippen LogP contribution in [-0.2, 0) is 9.47 Å². The number of amides is 2. The highest BCUT2D eigenvalue weighted by atomic mass is 19.1. The van der Waals surface area contributed by atoms with E-state index in [2.05, 4.69) is 13.2 Å². The Morgan fingerprint density at radius 2 is 1.44 bits per heavy atom. The van der Waals surface area contributed by atoms with E-state index in [9.17, 15) is 18.4 Å². The zero-order chi connectivity index (χ0) is 20.6. The Labute approximate surface area is 157 Å². The van der Waals surface area contributed by atoms with Crippen molar-refractivity contribution in [3.63, 3.8) is 0 Å². The molecule has 0 N–H and O–H groups in total. The van der Waals surface area contributed by atoms with E-state index >= 15 is 0 Å². The summed E-state index contributed by atoms with van der Waals surface area (Å²) < 4.78 is 36.7. The molecule has 0 aliphatic heterocycles. The number of rotatable bonds is 8. The van der Waals surface area contributed by atoms with Gasteiger partial charge in [-0.1, -0.05) is 19.2 Å². The lowest BCUT2D eigenvalue weighted by Crippen LogP contribution is -2.35. The van der Waals surface area contributed by atoms with Crippen molar-refractivity contribution in [2.45, 2.75) is 20.8 Å². The summed E-state index contributed by atoms with van der Waals surface area (Å²) in [5.41, 5.74) is 1.17. The number of aryl methyl sites for hydroxylation is 1. The summed E-state index contributed by atoms with van der Waals surface area (Å²) in [7, 11) is 0. The minimum atomic E-state index is -0.774. The average Bonchev–Trinajstić information content (AvgIpc) is 2.58. The van der Waals surface area contributed by atoms with Gasteiger partial charge in [-0.15, -0.1) is 0 Å². The summed E-state index contributed by atoms with van der Waals surface area (Å²) in [4.78, 5) is 26.5. The van der Waals surface area contributed by atoms with E-state index in [0.717, 1.165) is 9.80 Å². The molecule has 0 aliphatic rings. The second-order valence-electron chi connectivity index (χ2n) is 5.58. The number of anilines is 2. The van der Waals surface area contributed by atoms with E-state index in [-0.39, 0.29) is 18.9 Å². The highest BCUT2D eigenvalue weighted by Gasteiger charge is 2.24. The van der Waals surface area contributed by atoms with Gasteiger partial charge in [0, 0.05) is 5.69 Å². The molecule has 0 spiro atoms. The number of carbonyl (C=O) groups is 2. The Kier molecular flexibility index (Phi) is 8.44. The van der Waals surface area contributed by atoms with Gasteiger partial charge in [-0.05, 0) is 38.5 Å². The maximum atomic E-state index is 13.4. The normalized spacial score (nSPS) is 10.1. The molecular weight excluding hydrogens is 358 g/mol. The number of carbonyl (C=O) groups excluding carboxylic acids is 2. The Morgan fingerprint density at radius 1 is 0.963 bits per heavy atom. The fourth-order valence-electron chi connectivity index (χ4n) is 2.31. The maximum absolute atomic E-state index is 13.4. The van der Waals surface area contributed by atoms with Gasteiger partial charge in [0.15, 0.2) is 0 Å². The molecule has 1 rings (SSSR count). The van der Waals surface area contributed by atoms with E-state index in [1.54, 1.807) is 32.9 Å². The molecule has 0 bridgehead atoms. The number of benzene rings is 1. The first-order chi connectivity index (χ1) is 12.7. The van der Waals surface area contributed by atoms with Crippen LogP contribution in [0.5, 0.6) is 0 Å². The molecular formula is C19H24F2N2O4. The van der Waals surface area contributed by atoms with Crippen LogP contribution < -0.4 is 9.80 Å². The van der Waals surface area contributed by atoms with Crippen LogP contribution in [0.15, 0.2) is 43.0 Å². The van der Waals surface area contributed by atoms with Gasteiger partial charge < -0.3 is 9.47 Å². The minimum absolute atomic E-state index is 0.101. The zero-order valence-electron chi connectivity index (χ0n) is 15.8. The average molecular weight is 382 g/mol. The molecule has 0 aliphatic carbocycles. The predicted octanol–water partition coefficient (Wildman–Crippen LogP) is 4.89. The molecule has 8 heteroatoms. The monoisotopic (exact) mass is 382 g/mol. The number of halogens is 2. The third kappa shape index (κ3) is 6.40. The molecule has 0 radical (unpaired) electrons. The summed E-state index contributed by atoms with van der Waals surface area (Å²) in [5, 5.41) is 0. The Balaban J connectivity index is 3.39. The Hall–Kier alpha value is -2.90. The molecule has 0 saturated heterocycles. The van der Waals surface area contributed by atoms with E-state index < -0.39 is 36.9 Å². The standard InChI is InChI=1S/C19H24F2N2O4/c1-6-26-18(24)22(11-14(4)20)16-9-8-13(3)17(10-16)23(12-15(5)21)19(25)27-7-2/h8-10H,4-7,11-12H2,1-3H3. The van der Waals surface area contributed by atoms with Gasteiger partial charge in [-0.2, -0.15) is 0 Å². The van der Waals surface area contributed by atoms with Crippen molar-refractivity contribution < 1.29 is 27.8 Å². The third-order valence-corrected chi connectivity index (χ3v) is 3.43. The van der Waals surface area contributed by atoms with Crippen LogP contribution in [0.3, 0.4) is 0 Å². The summed E-state index contributed by atoms with van der Waals surface area (Å²) >= 11 is 0. The highest BCUT2D eigenvalue weighted by Crippen LogP contribution is 2.29. The molecule has 148 valence electrons. The lowest BCUT2D eigenvalue weighted by Gasteiger charge is -2.26. The minimum Gasteiger partial charge on any atom is -0.449 e. The quantitative estimate of drug-likeness (QED) is 0.642. The fraction of sp³-hybridized carbons (Fsp3) is 0.368. The molecule has 0 heterocycles. The summed E-state index contributed by atoms with van der Waals surface area (Å²) in [5.74, 6) is -1.49. The van der Waals surface area contributed by atoms with Crippen LogP contribution in [0.2, 0.25) is 0 Å². The summed E-state index contributed by atoms with van der Waals surface area (Å²) in [6.07, 6.45) is -1.54. The molecule has 0 aromatic heterocycles. The van der Waals surface area contributed by atoms with Gasteiger partial charge in [0.2, 0.25) is 0 Å². The van der Waals surface area contributed by atoms with Crippen LogP contribution in [0, 0.1) is 6.92 Å². The topological polar surface area (TPSA) is 59.1 Å². The van der Waals surface area contributed by atoms with Gasteiger partial charge in [-0.3, -0.25) is 9.80 Å². The van der Waals surface area contributed by atoms with Crippen molar-refractivity contribution in [2.24, 2.45) is 0 Å². The van der Waals surface area contributed by atoms with E-state index in [1.165, 1.54) is 6.07 Å². The van der Waals surface area contributed by atoms with Gasteiger partial charge >= 0.3 is 12.2 Å². The Morgan fingerprint density at radius 3 is 1.93 bits per heavy atom. The van der Waals surface area contributed by atoms with Crippen LogP contribution >= 0.6 is 0 Å². The van der Waals surface area contributed by atoms with Crippen LogP contribution in [-0.4, -0.2) is 38.5 Å². The molecule has 0 unspecified atom stereocenters. The number of hydrogen-bond acceptors (Lipinski definition) is 4. The molecule has 27 heavy (non-hydrogen) atoms. The molecule has 2 amide bonds. The Bertz CT molecular complexity index is 722. The van der Waals surface area contributed by atoms with Crippen LogP contribution in [0.1, 0.15) is 19.4 Å². The lowest BCUT2D eigenvalue weighted by molar-refractivity contribution is 0.159. The van der Waals surface area contributed by atoms with Gasteiger partial charge in [0.1, 0.15) is 11.7 Å². The zero-order valence-corrected chi connectivity index (χ0v) is 15.8. The van der Waals surface area contributed by atoms with Crippen LogP contribution in [0.25, 0.3) is 0 Å². The maximum Gasteiger partial charge on any atom is 0.414 e. The third-order valence-electron chi connectivity index (χ3n) is 3.43. The van der Waals surface area contributed by atoms with Gasteiger partial charge in [0.25, 0.3) is 0 Å². The van der Waals surface area contributed by atoms with E-state index in [1.807, 2.05) is 0 Å². The van der Waals surface area contributed by atoms with Crippen LogP contribution in [0.4, 0.5) is 29.7 Å². The first-order valence-corrected chi connectivity index (χ1v) is 8.37. The molecule has 6 nitrogen and oxygen atoms in total. The highest BCUT2D eigenvalue weighted by molar-refractivity contribution is 5.93. The fourth-order valence-corrected chi connectivity index (χ4v) is 2.31.